The van der Waals surface area contributed by atoms with E-state index in [0.29, 0.717) is 6.42 Å². The summed E-state index contributed by atoms with van der Waals surface area (Å²) >= 11 is 0. The van der Waals surface area contributed by atoms with Crippen LogP contribution in [0.2, 0.25) is 0 Å². The Morgan fingerprint density at radius 2 is 2.09 bits per heavy atom. The van der Waals surface area contributed by atoms with Gasteiger partial charge in [0.15, 0.2) is 5.78 Å². The molecule has 11 heavy (non-hydrogen) atoms. The summed E-state index contributed by atoms with van der Waals surface area (Å²) in [5.41, 5.74) is 1.06. The first-order valence-corrected chi connectivity index (χ1v) is 4.04. The molecule has 0 radical (unpaired) electrons. The molecule has 2 nitrogen and oxygen atoms in total. The van der Waals surface area contributed by atoms with Crippen LogP contribution >= 0.6 is 0 Å². The van der Waals surface area contributed by atoms with Gasteiger partial charge in [-0.25, -0.2) is 0 Å². The molecule has 1 saturated carbocycles. The Labute approximate surface area is 67.7 Å². The van der Waals surface area contributed by atoms with Gasteiger partial charge in [0.05, 0.1) is 5.71 Å². The van der Waals surface area contributed by atoms with Crippen molar-refractivity contribution < 1.29 is 4.79 Å². The minimum Gasteiger partial charge on any atom is -0.293 e. The number of rotatable bonds is 0. The smallest absolute Gasteiger partial charge is 0.176 e. The van der Waals surface area contributed by atoms with Gasteiger partial charge in [0, 0.05) is 13.5 Å². The maximum atomic E-state index is 11.2. The first kappa shape index (κ1) is 8.44. The molecule has 0 amide bonds. The zero-order valence-electron chi connectivity index (χ0n) is 7.48. The molecule has 0 unspecified atom stereocenters. The van der Waals surface area contributed by atoms with Crippen LogP contribution in [-0.2, 0) is 4.79 Å². The van der Waals surface area contributed by atoms with Gasteiger partial charge in [0.1, 0.15) is 0 Å². The number of ketones is 1. The number of aliphatic imine (C=N–C) groups is 1. The van der Waals surface area contributed by atoms with E-state index in [1.165, 1.54) is 0 Å². The van der Waals surface area contributed by atoms with Crippen LogP contribution in [0.15, 0.2) is 4.99 Å². The van der Waals surface area contributed by atoms with Crippen molar-refractivity contribution in [1.82, 2.24) is 0 Å². The highest BCUT2D eigenvalue weighted by Gasteiger charge is 2.29. The SMILES string of the molecule is CN=C1CC(C)(C)CCC1=O. The van der Waals surface area contributed by atoms with Crippen LogP contribution in [0.4, 0.5) is 0 Å². The van der Waals surface area contributed by atoms with Crippen molar-refractivity contribution in [1.29, 1.82) is 0 Å². The maximum Gasteiger partial charge on any atom is 0.176 e. The largest absolute Gasteiger partial charge is 0.293 e. The van der Waals surface area contributed by atoms with Gasteiger partial charge in [-0.3, -0.25) is 9.79 Å². The fourth-order valence-electron chi connectivity index (χ4n) is 1.44. The topological polar surface area (TPSA) is 29.4 Å². The van der Waals surface area contributed by atoms with E-state index in [9.17, 15) is 4.79 Å². The lowest BCUT2D eigenvalue weighted by molar-refractivity contribution is -0.114. The Hall–Kier alpha value is -0.660. The first-order chi connectivity index (χ1) is 5.05. The van der Waals surface area contributed by atoms with Crippen LogP contribution in [0.3, 0.4) is 0 Å². The molecule has 0 atom stereocenters. The molecule has 0 saturated heterocycles. The van der Waals surface area contributed by atoms with Gasteiger partial charge in [-0.1, -0.05) is 13.8 Å². The van der Waals surface area contributed by atoms with Crippen LogP contribution in [0.1, 0.15) is 33.1 Å². The minimum absolute atomic E-state index is 0.242. The molecule has 1 rings (SSSR count). The summed E-state index contributed by atoms with van der Waals surface area (Å²) in [5, 5.41) is 0. The van der Waals surface area contributed by atoms with Gasteiger partial charge in [0.25, 0.3) is 0 Å². The third-order valence-corrected chi connectivity index (χ3v) is 2.27. The number of nitrogens with zero attached hydrogens (tertiary/aromatic N) is 1. The van der Waals surface area contributed by atoms with Crippen molar-refractivity contribution in [3.63, 3.8) is 0 Å². The Kier molecular flexibility index (Phi) is 2.12. The van der Waals surface area contributed by atoms with Crippen molar-refractivity contribution in [2.75, 3.05) is 7.05 Å². The zero-order chi connectivity index (χ0) is 8.48. The van der Waals surface area contributed by atoms with E-state index < -0.39 is 0 Å². The second kappa shape index (κ2) is 2.76. The molecule has 0 aromatic rings. The van der Waals surface area contributed by atoms with Crippen LogP contribution in [-0.4, -0.2) is 18.5 Å². The Morgan fingerprint density at radius 3 is 2.55 bits per heavy atom. The zero-order valence-corrected chi connectivity index (χ0v) is 7.48. The monoisotopic (exact) mass is 153 g/mol. The molecule has 0 spiro atoms. The second-order valence-electron chi connectivity index (χ2n) is 3.93. The molecule has 1 aliphatic carbocycles. The summed E-state index contributed by atoms with van der Waals surface area (Å²) in [6.07, 6.45) is 2.53. The van der Waals surface area contributed by atoms with Crippen molar-refractivity contribution in [2.45, 2.75) is 33.1 Å². The second-order valence-corrected chi connectivity index (χ2v) is 3.93. The number of carbonyl (C=O) groups is 1. The number of hydrogen-bond donors (Lipinski definition) is 0. The van der Waals surface area contributed by atoms with Gasteiger partial charge < -0.3 is 0 Å². The van der Waals surface area contributed by atoms with E-state index in [1.54, 1.807) is 7.05 Å². The summed E-state index contributed by atoms with van der Waals surface area (Å²) in [6, 6.07) is 0. The van der Waals surface area contributed by atoms with Crippen molar-refractivity contribution in [2.24, 2.45) is 10.4 Å². The van der Waals surface area contributed by atoms with Gasteiger partial charge >= 0.3 is 0 Å². The lowest BCUT2D eigenvalue weighted by Gasteiger charge is -2.29. The summed E-state index contributed by atoms with van der Waals surface area (Å²) in [7, 11) is 1.70. The van der Waals surface area contributed by atoms with Gasteiger partial charge in [-0.2, -0.15) is 0 Å². The molecule has 0 aromatic carbocycles. The van der Waals surface area contributed by atoms with E-state index in [1.807, 2.05) is 0 Å². The molecule has 0 N–H and O–H groups in total. The van der Waals surface area contributed by atoms with Gasteiger partial charge in [-0.15, -0.1) is 0 Å². The molecule has 0 bridgehead atoms. The highest BCUT2D eigenvalue weighted by atomic mass is 16.1. The van der Waals surface area contributed by atoms with E-state index in [4.69, 9.17) is 0 Å². The van der Waals surface area contributed by atoms with E-state index in [-0.39, 0.29) is 11.2 Å². The average molecular weight is 153 g/mol. The summed E-state index contributed by atoms with van der Waals surface area (Å²) in [6.45, 7) is 4.37. The normalized spacial score (nSPS) is 27.5. The third-order valence-electron chi connectivity index (χ3n) is 2.27. The molecule has 0 heterocycles. The van der Waals surface area contributed by atoms with Crippen LogP contribution in [0, 0.1) is 5.41 Å². The molecule has 62 valence electrons. The van der Waals surface area contributed by atoms with E-state index >= 15 is 0 Å². The predicted molar refractivity (Wildman–Crippen MR) is 46.0 cm³/mol. The van der Waals surface area contributed by atoms with Crippen LogP contribution < -0.4 is 0 Å². The Morgan fingerprint density at radius 1 is 1.45 bits per heavy atom. The summed E-state index contributed by atoms with van der Waals surface area (Å²) < 4.78 is 0. The fourth-order valence-corrected chi connectivity index (χ4v) is 1.44. The lowest BCUT2D eigenvalue weighted by atomic mass is 9.76. The Bertz CT molecular complexity index is 204. The Balaban J connectivity index is 2.74. The van der Waals surface area contributed by atoms with Crippen LogP contribution in [0.5, 0.6) is 0 Å². The molecule has 0 aliphatic heterocycles. The molecule has 2 heteroatoms. The fraction of sp³-hybridized carbons (Fsp3) is 0.778. The third kappa shape index (κ3) is 1.88. The van der Waals surface area contributed by atoms with E-state index in [0.717, 1.165) is 18.6 Å². The molecule has 1 fully saturated rings. The quantitative estimate of drug-likeness (QED) is 0.522. The van der Waals surface area contributed by atoms with Crippen molar-refractivity contribution in [3.8, 4) is 0 Å². The molecular weight excluding hydrogens is 138 g/mol. The minimum atomic E-state index is 0.242. The summed E-state index contributed by atoms with van der Waals surface area (Å²) in [4.78, 5) is 15.2. The molecular formula is C9H15NO. The van der Waals surface area contributed by atoms with Crippen molar-refractivity contribution >= 4 is 11.5 Å². The van der Waals surface area contributed by atoms with Gasteiger partial charge in [-0.05, 0) is 18.3 Å². The number of hydrogen-bond acceptors (Lipinski definition) is 2. The molecule has 1 aliphatic rings. The first-order valence-electron chi connectivity index (χ1n) is 4.04. The average Bonchev–Trinajstić information content (AvgIpc) is 1.94. The van der Waals surface area contributed by atoms with E-state index in [2.05, 4.69) is 18.8 Å². The number of carbonyl (C=O) groups excluding carboxylic acids is 1. The van der Waals surface area contributed by atoms with Crippen LogP contribution in [0.25, 0.3) is 0 Å². The number of Topliss-reactive ketones (excluding diaryl/α,β-unsaturated/α-hetero) is 1. The van der Waals surface area contributed by atoms with Crippen molar-refractivity contribution in [3.05, 3.63) is 0 Å². The molecule has 0 aromatic heterocycles. The highest BCUT2D eigenvalue weighted by molar-refractivity contribution is 6.40. The highest BCUT2D eigenvalue weighted by Crippen LogP contribution is 2.31. The lowest BCUT2D eigenvalue weighted by Crippen LogP contribution is -2.30. The summed E-state index contributed by atoms with van der Waals surface area (Å²) in [5.74, 6) is 0.242. The maximum absolute atomic E-state index is 11.2. The standard InChI is InChI=1S/C9H15NO/c1-9(2)5-4-8(11)7(6-9)10-3/h4-6H2,1-3H3. The van der Waals surface area contributed by atoms with Gasteiger partial charge in [0.2, 0.25) is 0 Å². The predicted octanol–water partition coefficient (Wildman–Crippen LogP) is 1.84.